The van der Waals surface area contributed by atoms with Crippen molar-refractivity contribution in [1.82, 2.24) is 9.88 Å². The molecular formula is C22H24FN3O3. The Labute approximate surface area is 169 Å². The number of hydrogen-bond acceptors (Lipinski definition) is 4. The second kappa shape index (κ2) is 9.41. The number of rotatable bonds is 6. The number of nitrogens with zero attached hydrogens (tertiary/aromatic N) is 2. The second-order valence-corrected chi connectivity index (χ2v) is 7.26. The van der Waals surface area contributed by atoms with Crippen molar-refractivity contribution in [3.8, 4) is 0 Å². The number of ketones is 1. The molecule has 2 heterocycles. The molecule has 1 N–H and O–H groups in total. The number of pyridine rings is 1. The summed E-state index contributed by atoms with van der Waals surface area (Å²) in [6.45, 7) is 2.77. The van der Waals surface area contributed by atoms with Crippen molar-refractivity contribution < 1.29 is 18.8 Å². The molecule has 6 nitrogen and oxygen atoms in total. The number of Topliss-reactive ketones (excluding diaryl/α,β-unsaturated/α-hetero) is 1. The zero-order chi connectivity index (χ0) is 20.8. The van der Waals surface area contributed by atoms with E-state index in [4.69, 9.17) is 0 Å². The lowest BCUT2D eigenvalue weighted by Gasteiger charge is -2.32. The van der Waals surface area contributed by atoms with Gasteiger partial charge in [0.2, 0.25) is 11.8 Å². The lowest BCUT2D eigenvalue weighted by Crippen LogP contribution is -2.43. The summed E-state index contributed by atoms with van der Waals surface area (Å²) in [4.78, 5) is 43.2. The standard InChI is InChI=1S/C22H24FN3O3/c1-15-4-2-6-20(24-15)25-22(29)17-5-3-13-26(14-17)21(28)12-11-19(27)16-7-9-18(23)10-8-16/h2,4,6-10,17H,3,5,11-14H2,1H3,(H,24,25,29). The summed E-state index contributed by atoms with van der Waals surface area (Å²) in [5, 5.41) is 2.82. The fourth-order valence-corrected chi connectivity index (χ4v) is 3.42. The zero-order valence-corrected chi connectivity index (χ0v) is 16.4. The van der Waals surface area contributed by atoms with Crippen LogP contribution in [-0.2, 0) is 9.59 Å². The number of amides is 2. The molecular weight excluding hydrogens is 373 g/mol. The quantitative estimate of drug-likeness (QED) is 0.758. The van der Waals surface area contributed by atoms with Crippen molar-refractivity contribution in [3.63, 3.8) is 0 Å². The summed E-state index contributed by atoms with van der Waals surface area (Å²) < 4.78 is 13.0. The Morgan fingerprint density at radius 1 is 1.14 bits per heavy atom. The number of carbonyl (C=O) groups excluding carboxylic acids is 3. The van der Waals surface area contributed by atoms with Crippen molar-refractivity contribution in [1.29, 1.82) is 0 Å². The summed E-state index contributed by atoms with van der Waals surface area (Å²) in [6.07, 6.45) is 1.57. The molecule has 0 aliphatic carbocycles. The van der Waals surface area contributed by atoms with Gasteiger partial charge in [-0.1, -0.05) is 6.07 Å². The highest BCUT2D eigenvalue weighted by Crippen LogP contribution is 2.20. The monoisotopic (exact) mass is 397 g/mol. The second-order valence-electron chi connectivity index (χ2n) is 7.26. The molecule has 0 bridgehead atoms. The number of aromatic nitrogens is 1. The minimum Gasteiger partial charge on any atom is -0.342 e. The summed E-state index contributed by atoms with van der Waals surface area (Å²) in [5.74, 6) is -0.702. The van der Waals surface area contributed by atoms with Gasteiger partial charge in [-0.05, 0) is 56.2 Å². The summed E-state index contributed by atoms with van der Waals surface area (Å²) in [5.41, 5.74) is 1.20. The first-order valence-corrected chi connectivity index (χ1v) is 9.73. The minimum atomic E-state index is -0.406. The third-order valence-corrected chi connectivity index (χ3v) is 5.02. The number of piperidine rings is 1. The normalized spacial score (nSPS) is 16.3. The van der Waals surface area contributed by atoms with Gasteiger partial charge in [0.1, 0.15) is 11.6 Å². The summed E-state index contributed by atoms with van der Waals surface area (Å²) in [6, 6.07) is 10.7. The first-order chi connectivity index (χ1) is 13.9. The van der Waals surface area contributed by atoms with E-state index < -0.39 is 5.82 Å². The summed E-state index contributed by atoms with van der Waals surface area (Å²) >= 11 is 0. The number of nitrogens with one attached hydrogen (secondary N) is 1. The Morgan fingerprint density at radius 2 is 1.90 bits per heavy atom. The van der Waals surface area contributed by atoms with Crippen LogP contribution in [0, 0.1) is 18.7 Å². The number of halogens is 1. The SMILES string of the molecule is Cc1cccc(NC(=O)C2CCCN(C(=O)CCC(=O)c3ccc(F)cc3)C2)n1. The average molecular weight is 397 g/mol. The highest BCUT2D eigenvalue weighted by Gasteiger charge is 2.28. The molecule has 1 aromatic carbocycles. The molecule has 0 saturated carbocycles. The van der Waals surface area contributed by atoms with Gasteiger partial charge < -0.3 is 10.2 Å². The fourth-order valence-electron chi connectivity index (χ4n) is 3.42. The van der Waals surface area contributed by atoms with Crippen LogP contribution in [0.15, 0.2) is 42.5 Å². The van der Waals surface area contributed by atoms with Gasteiger partial charge in [-0.15, -0.1) is 0 Å². The first-order valence-electron chi connectivity index (χ1n) is 9.73. The Bertz CT molecular complexity index is 898. The summed E-state index contributed by atoms with van der Waals surface area (Å²) in [7, 11) is 0. The third-order valence-electron chi connectivity index (χ3n) is 5.02. The van der Waals surface area contributed by atoms with Gasteiger partial charge in [-0.3, -0.25) is 14.4 Å². The van der Waals surface area contributed by atoms with Crippen molar-refractivity contribution in [2.24, 2.45) is 5.92 Å². The van der Waals surface area contributed by atoms with Gasteiger partial charge in [0.15, 0.2) is 5.78 Å². The molecule has 1 aliphatic rings. The maximum Gasteiger partial charge on any atom is 0.230 e. The molecule has 0 radical (unpaired) electrons. The first kappa shape index (κ1) is 20.6. The van der Waals surface area contributed by atoms with Crippen LogP contribution in [0.1, 0.15) is 41.7 Å². The van der Waals surface area contributed by atoms with E-state index in [-0.39, 0.29) is 36.4 Å². The Morgan fingerprint density at radius 3 is 2.62 bits per heavy atom. The van der Waals surface area contributed by atoms with Gasteiger partial charge in [0.25, 0.3) is 0 Å². The highest BCUT2D eigenvalue weighted by atomic mass is 19.1. The number of anilines is 1. The molecule has 29 heavy (non-hydrogen) atoms. The minimum absolute atomic E-state index is 0.0606. The lowest BCUT2D eigenvalue weighted by molar-refractivity contribution is -0.134. The van der Waals surface area contributed by atoms with Crippen LogP contribution in [-0.4, -0.2) is 40.6 Å². The van der Waals surface area contributed by atoms with Crippen molar-refractivity contribution in [2.45, 2.75) is 32.6 Å². The largest absolute Gasteiger partial charge is 0.342 e. The molecule has 152 valence electrons. The van der Waals surface area contributed by atoms with Gasteiger partial charge in [-0.2, -0.15) is 0 Å². The number of aryl methyl sites for hydroxylation is 1. The van der Waals surface area contributed by atoms with Crippen molar-refractivity contribution >= 4 is 23.4 Å². The smallest absolute Gasteiger partial charge is 0.230 e. The van der Waals surface area contributed by atoms with Gasteiger partial charge >= 0.3 is 0 Å². The Balaban J connectivity index is 1.51. The number of benzene rings is 1. The van der Waals surface area contributed by atoms with Gasteiger partial charge in [0, 0.05) is 37.2 Å². The molecule has 1 atom stereocenters. The van der Waals surface area contributed by atoms with Crippen LogP contribution in [0.4, 0.5) is 10.2 Å². The van der Waals surface area contributed by atoms with Crippen LogP contribution in [0.3, 0.4) is 0 Å². The topological polar surface area (TPSA) is 79.4 Å². The van der Waals surface area contributed by atoms with Crippen LogP contribution in [0.2, 0.25) is 0 Å². The molecule has 1 saturated heterocycles. The molecule has 0 spiro atoms. The van der Waals surface area contributed by atoms with E-state index in [0.717, 1.165) is 12.1 Å². The van der Waals surface area contributed by atoms with Crippen LogP contribution in [0.25, 0.3) is 0 Å². The number of likely N-dealkylation sites (tertiary alicyclic amines) is 1. The number of carbonyl (C=O) groups is 3. The fraction of sp³-hybridized carbons (Fsp3) is 0.364. The van der Waals surface area contributed by atoms with Crippen molar-refractivity contribution in [2.75, 3.05) is 18.4 Å². The van der Waals surface area contributed by atoms with E-state index in [1.807, 2.05) is 19.1 Å². The van der Waals surface area contributed by atoms with Crippen LogP contribution < -0.4 is 5.32 Å². The molecule has 1 aromatic heterocycles. The van der Waals surface area contributed by atoms with E-state index >= 15 is 0 Å². The Kier molecular flexibility index (Phi) is 6.69. The van der Waals surface area contributed by atoms with Crippen LogP contribution >= 0.6 is 0 Å². The molecule has 2 amide bonds. The molecule has 1 unspecified atom stereocenters. The lowest BCUT2D eigenvalue weighted by atomic mass is 9.96. The highest BCUT2D eigenvalue weighted by molar-refractivity contribution is 5.98. The maximum absolute atomic E-state index is 13.0. The maximum atomic E-state index is 13.0. The van der Waals surface area contributed by atoms with E-state index in [9.17, 15) is 18.8 Å². The molecule has 3 rings (SSSR count). The van der Waals surface area contributed by atoms with E-state index in [1.54, 1.807) is 11.0 Å². The number of hydrogen-bond donors (Lipinski definition) is 1. The van der Waals surface area contributed by atoms with Gasteiger partial charge in [0.05, 0.1) is 5.92 Å². The van der Waals surface area contributed by atoms with E-state index in [0.29, 0.717) is 30.9 Å². The molecule has 2 aromatic rings. The third kappa shape index (κ3) is 5.70. The van der Waals surface area contributed by atoms with E-state index in [1.165, 1.54) is 24.3 Å². The zero-order valence-electron chi connectivity index (χ0n) is 16.4. The van der Waals surface area contributed by atoms with E-state index in [2.05, 4.69) is 10.3 Å². The molecule has 7 heteroatoms. The average Bonchev–Trinajstić information content (AvgIpc) is 2.72. The van der Waals surface area contributed by atoms with Gasteiger partial charge in [-0.25, -0.2) is 9.37 Å². The molecule has 1 fully saturated rings. The molecule has 1 aliphatic heterocycles. The van der Waals surface area contributed by atoms with Crippen molar-refractivity contribution in [3.05, 3.63) is 59.5 Å². The predicted octanol–water partition coefficient (Wildman–Crippen LogP) is 3.37. The predicted molar refractivity (Wildman–Crippen MR) is 107 cm³/mol. The van der Waals surface area contributed by atoms with Crippen LogP contribution in [0.5, 0.6) is 0 Å². The Hall–Kier alpha value is -3.09.